The Morgan fingerprint density at radius 1 is 1.35 bits per heavy atom. The average molecular weight is 270 g/mol. The van der Waals surface area contributed by atoms with E-state index in [4.69, 9.17) is 4.42 Å². The first kappa shape index (κ1) is 12.9. The van der Waals surface area contributed by atoms with Crippen molar-refractivity contribution in [3.63, 3.8) is 0 Å². The fourth-order valence-corrected chi connectivity index (χ4v) is 2.63. The number of nitrogens with one attached hydrogen (secondary N) is 2. The van der Waals surface area contributed by atoms with Crippen molar-refractivity contribution >= 4 is 11.6 Å². The number of aryl methyl sites for hydroxylation is 1. The standard InChI is InChI=1S/C16H18N2O2/c1-2-17-16(14-4-3-9-20-14)12-5-7-13-11(10-12)6-8-15(19)18-13/h3-5,7,9-10,16-17H,2,6,8H2,1H3,(H,18,19). The molecule has 1 unspecified atom stereocenters. The lowest BCUT2D eigenvalue weighted by molar-refractivity contribution is -0.116. The number of benzene rings is 1. The zero-order valence-electron chi connectivity index (χ0n) is 11.5. The third-order valence-electron chi connectivity index (χ3n) is 3.59. The van der Waals surface area contributed by atoms with Gasteiger partial charge in [-0.25, -0.2) is 0 Å². The minimum Gasteiger partial charge on any atom is -0.467 e. The van der Waals surface area contributed by atoms with Crippen LogP contribution in [0.25, 0.3) is 0 Å². The third-order valence-corrected chi connectivity index (χ3v) is 3.59. The highest BCUT2D eigenvalue weighted by Crippen LogP contribution is 2.29. The monoisotopic (exact) mass is 270 g/mol. The van der Waals surface area contributed by atoms with Crippen LogP contribution in [0.15, 0.2) is 41.0 Å². The number of amides is 1. The highest BCUT2D eigenvalue weighted by atomic mass is 16.3. The first-order valence-corrected chi connectivity index (χ1v) is 6.97. The molecule has 0 spiro atoms. The predicted molar refractivity (Wildman–Crippen MR) is 77.6 cm³/mol. The Morgan fingerprint density at radius 3 is 3.00 bits per heavy atom. The lowest BCUT2D eigenvalue weighted by Crippen LogP contribution is -2.23. The normalized spacial score (nSPS) is 15.6. The summed E-state index contributed by atoms with van der Waals surface area (Å²) in [6.07, 6.45) is 3.05. The second-order valence-electron chi connectivity index (χ2n) is 4.97. The molecule has 1 amide bonds. The molecule has 4 heteroatoms. The van der Waals surface area contributed by atoms with Crippen LogP contribution < -0.4 is 10.6 Å². The lowest BCUT2D eigenvalue weighted by Gasteiger charge is -2.21. The summed E-state index contributed by atoms with van der Waals surface area (Å²) in [5.41, 5.74) is 3.29. The van der Waals surface area contributed by atoms with Gasteiger partial charge in [-0.1, -0.05) is 19.1 Å². The number of hydrogen-bond acceptors (Lipinski definition) is 3. The van der Waals surface area contributed by atoms with Crippen LogP contribution in [0.4, 0.5) is 5.69 Å². The van der Waals surface area contributed by atoms with Gasteiger partial charge in [-0.3, -0.25) is 4.79 Å². The topological polar surface area (TPSA) is 54.3 Å². The predicted octanol–water partition coefficient (Wildman–Crippen LogP) is 2.86. The Morgan fingerprint density at radius 2 is 2.25 bits per heavy atom. The summed E-state index contributed by atoms with van der Waals surface area (Å²) < 4.78 is 5.53. The van der Waals surface area contributed by atoms with E-state index in [1.54, 1.807) is 6.26 Å². The molecule has 2 aromatic rings. The fraction of sp³-hybridized carbons (Fsp3) is 0.312. The summed E-state index contributed by atoms with van der Waals surface area (Å²) in [5, 5.41) is 6.35. The first-order chi connectivity index (χ1) is 9.78. The highest BCUT2D eigenvalue weighted by Gasteiger charge is 2.20. The van der Waals surface area contributed by atoms with Gasteiger partial charge in [0, 0.05) is 12.1 Å². The van der Waals surface area contributed by atoms with Gasteiger partial charge in [0.2, 0.25) is 5.91 Å². The first-order valence-electron chi connectivity index (χ1n) is 6.97. The van der Waals surface area contributed by atoms with E-state index in [1.165, 1.54) is 5.56 Å². The van der Waals surface area contributed by atoms with Crippen LogP contribution in [0.5, 0.6) is 0 Å². The molecular weight excluding hydrogens is 252 g/mol. The molecule has 4 nitrogen and oxygen atoms in total. The highest BCUT2D eigenvalue weighted by molar-refractivity contribution is 5.93. The van der Waals surface area contributed by atoms with Gasteiger partial charge in [-0.2, -0.15) is 0 Å². The minimum absolute atomic E-state index is 0.0536. The molecule has 0 fully saturated rings. The molecule has 104 valence electrons. The summed E-state index contributed by atoms with van der Waals surface area (Å²) >= 11 is 0. The molecule has 1 aliphatic heterocycles. The molecule has 2 heterocycles. The Bertz CT molecular complexity index is 605. The summed E-state index contributed by atoms with van der Waals surface area (Å²) in [7, 11) is 0. The van der Waals surface area contributed by atoms with Crippen LogP contribution in [0.2, 0.25) is 0 Å². The van der Waals surface area contributed by atoms with Crippen molar-refractivity contribution in [1.29, 1.82) is 0 Å². The van der Waals surface area contributed by atoms with Crippen molar-refractivity contribution in [1.82, 2.24) is 5.32 Å². The van der Waals surface area contributed by atoms with E-state index in [-0.39, 0.29) is 11.9 Å². The molecule has 0 saturated carbocycles. The van der Waals surface area contributed by atoms with Gasteiger partial charge >= 0.3 is 0 Å². The minimum atomic E-state index is 0.0536. The summed E-state index contributed by atoms with van der Waals surface area (Å²) in [6.45, 7) is 2.94. The van der Waals surface area contributed by atoms with Crippen LogP contribution in [-0.2, 0) is 11.2 Å². The summed E-state index contributed by atoms with van der Waals surface area (Å²) in [5.74, 6) is 1.01. The molecule has 1 aromatic carbocycles. The second-order valence-corrected chi connectivity index (χ2v) is 4.97. The van der Waals surface area contributed by atoms with E-state index in [0.717, 1.165) is 30.0 Å². The maximum absolute atomic E-state index is 11.4. The maximum atomic E-state index is 11.4. The molecule has 0 bridgehead atoms. The van der Waals surface area contributed by atoms with E-state index >= 15 is 0 Å². The number of carbonyl (C=O) groups excluding carboxylic acids is 1. The molecule has 3 rings (SSSR count). The smallest absolute Gasteiger partial charge is 0.224 e. The molecule has 0 aliphatic carbocycles. The molecule has 1 atom stereocenters. The molecular formula is C16H18N2O2. The third kappa shape index (κ3) is 2.47. The number of hydrogen-bond donors (Lipinski definition) is 2. The number of fused-ring (bicyclic) bond motifs is 1. The zero-order chi connectivity index (χ0) is 13.9. The van der Waals surface area contributed by atoms with Crippen molar-refractivity contribution in [2.24, 2.45) is 0 Å². The Balaban J connectivity index is 1.94. The van der Waals surface area contributed by atoms with Gasteiger partial charge in [0.05, 0.1) is 12.3 Å². The molecule has 2 N–H and O–H groups in total. The number of anilines is 1. The quantitative estimate of drug-likeness (QED) is 0.898. The molecule has 0 radical (unpaired) electrons. The van der Waals surface area contributed by atoms with E-state index in [0.29, 0.717) is 6.42 Å². The number of rotatable bonds is 4. The largest absolute Gasteiger partial charge is 0.467 e. The van der Waals surface area contributed by atoms with E-state index in [1.807, 2.05) is 24.3 Å². The molecule has 1 aromatic heterocycles. The van der Waals surface area contributed by atoms with Gasteiger partial charge < -0.3 is 15.1 Å². The fourth-order valence-electron chi connectivity index (χ4n) is 2.63. The van der Waals surface area contributed by atoms with Gasteiger partial charge in [-0.05, 0) is 42.3 Å². The van der Waals surface area contributed by atoms with Crippen molar-refractivity contribution < 1.29 is 9.21 Å². The summed E-state index contributed by atoms with van der Waals surface area (Å²) in [6, 6.07) is 10.1. The van der Waals surface area contributed by atoms with Gasteiger partial charge in [0.15, 0.2) is 0 Å². The molecule has 0 saturated heterocycles. The van der Waals surface area contributed by atoms with E-state index in [9.17, 15) is 4.79 Å². The molecule has 1 aliphatic rings. The maximum Gasteiger partial charge on any atom is 0.224 e. The van der Waals surface area contributed by atoms with Crippen molar-refractivity contribution in [3.8, 4) is 0 Å². The average Bonchev–Trinajstić information content (AvgIpc) is 2.98. The lowest BCUT2D eigenvalue weighted by atomic mass is 9.96. The van der Waals surface area contributed by atoms with Crippen molar-refractivity contribution in [2.75, 3.05) is 11.9 Å². The number of furan rings is 1. The SMILES string of the molecule is CCNC(c1ccc2c(c1)CCC(=O)N2)c1ccco1. The van der Waals surface area contributed by atoms with Crippen molar-refractivity contribution in [2.45, 2.75) is 25.8 Å². The van der Waals surface area contributed by atoms with Gasteiger partial charge in [0.1, 0.15) is 5.76 Å². The Hall–Kier alpha value is -2.07. The Kier molecular flexibility index (Phi) is 3.56. The Labute approximate surface area is 118 Å². The molecule has 20 heavy (non-hydrogen) atoms. The number of carbonyl (C=O) groups is 1. The van der Waals surface area contributed by atoms with E-state index < -0.39 is 0 Å². The zero-order valence-corrected chi connectivity index (χ0v) is 11.5. The van der Waals surface area contributed by atoms with E-state index in [2.05, 4.69) is 23.6 Å². The van der Waals surface area contributed by atoms with Crippen LogP contribution in [0, 0.1) is 0 Å². The van der Waals surface area contributed by atoms with Crippen LogP contribution in [0.1, 0.15) is 36.3 Å². The van der Waals surface area contributed by atoms with Crippen molar-refractivity contribution in [3.05, 3.63) is 53.5 Å². The van der Waals surface area contributed by atoms with Crippen LogP contribution in [0.3, 0.4) is 0 Å². The van der Waals surface area contributed by atoms with Gasteiger partial charge in [0.25, 0.3) is 0 Å². The summed E-state index contributed by atoms with van der Waals surface area (Å²) in [4.78, 5) is 11.4. The van der Waals surface area contributed by atoms with Crippen LogP contribution in [-0.4, -0.2) is 12.5 Å². The van der Waals surface area contributed by atoms with Gasteiger partial charge in [-0.15, -0.1) is 0 Å². The van der Waals surface area contributed by atoms with Crippen LogP contribution >= 0.6 is 0 Å². The second kappa shape index (κ2) is 5.51.